The van der Waals surface area contributed by atoms with Gasteiger partial charge < -0.3 is 5.32 Å². The fraction of sp³-hybridized carbons (Fsp3) is 0. The topological polar surface area (TPSA) is 49.4 Å². The molecule has 1 N–H and O–H groups in total. The summed E-state index contributed by atoms with van der Waals surface area (Å²) in [5.41, 5.74) is 1.11. The molecule has 2 aromatic rings. The van der Waals surface area contributed by atoms with Gasteiger partial charge in [-0.25, -0.2) is 14.5 Å². The fourth-order valence-corrected chi connectivity index (χ4v) is 1.80. The molecule has 0 aliphatic heterocycles. The number of rotatable bonds is 4. The molecule has 0 aliphatic carbocycles. The van der Waals surface area contributed by atoms with Crippen molar-refractivity contribution in [2.75, 3.05) is 10.2 Å². The third-order valence-electron chi connectivity index (χ3n) is 2.72. The minimum atomic E-state index is -0.518. The third kappa shape index (κ3) is 3.73. The predicted octanol–water partition coefficient (Wildman–Crippen LogP) is 3.64. The average molecular weight is 279 g/mol. The number of benzene rings is 2. The first kappa shape index (κ1) is 14.4. The van der Waals surface area contributed by atoms with Crippen molar-refractivity contribution < 1.29 is 9.59 Å². The number of carbonyl (C=O) groups excluding carboxylic acids is 2. The summed E-state index contributed by atoms with van der Waals surface area (Å²) in [5, 5.41) is 2.69. The third-order valence-corrected chi connectivity index (χ3v) is 2.72. The van der Waals surface area contributed by atoms with Gasteiger partial charge in [0, 0.05) is 12.3 Å². The maximum Gasteiger partial charge on any atom is 0.342 e. The Morgan fingerprint density at radius 2 is 1.57 bits per heavy atom. The minimum absolute atomic E-state index is 0.454. The molecule has 0 bridgehead atoms. The molecular formula is C17H15N2O2+. The Morgan fingerprint density at radius 3 is 2.14 bits per heavy atom. The molecule has 0 atom stereocenters. The highest BCUT2D eigenvalue weighted by atomic mass is 16.2. The van der Waals surface area contributed by atoms with Crippen LogP contribution in [0.15, 0.2) is 73.3 Å². The zero-order valence-electron chi connectivity index (χ0n) is 11.4. The van der Waals surface area contributed by atoms with Crippen LogP contribution in [0, 0.1) is 6.42 Å². The van der Waals surface area contributed by atoms with E-state index in [-0.39, 0.29) is 0 Å². The number of para-hydroxylation sites is 2. The monoisotopic (exact) mass is 279 g/mol. The molecule has 0 saturated heterocycles. The SMILES string of the molecule is C=C[CH+]C(=O)N(C(=O)Nc1ccccc1)c1ccccc1. The molecule has 0 heterocycles. The summed E-state index contributed by atoms with van der Waals surface area (Å²) < 4.78 is 0. The van der Waals surface area contributed by atoms with E-state index >= 15 is 0 Å². The van der Waals surface area contributed by atoms with Crippen LogP contribution in [0.3, 0.4) is 0 Å². The van der Waals surface area contributed by atoms with E-state index in [9.17, 15) is 9.59 Å². The van der Waals surface area contributed by atoms with E-state index in [0.29, 0.717) is 11.4 Å². The average Bonchev–Trinajstić information content (AvgIpc) is 2.50. The zero-order chi connectivity index (χ0) is 15.1. The van der Waals surface area contributed by atoms with Gasteiger partial charge in [-0.2, -0.15) is 0 Å². The smallest absolute Gasteiger partial charge is 0.307 e. The van der Waals surface area contributed by atoms with E-state index in [4.69, 9.17) is 0 Å². The van der Waals surface area contributed by atoms with E-state index in [1.54, 1.807) is 48.5 Å². The zero-order valence-corrected chi connectivity index (χ0v) is 11.4. The molecule has 0 saturated carbocycles. The Balaban J connectivity index is 2.25. The van der Waals surface area contributed by atoms with Gasteiger partial charge >= 0.3 is 11.9 Å². The van der Waals surface area contributed by atoms with Gasteiger partial charge in [0.15, 0.2) is 0 Å². The number of imide groups is 1. The molecule has 0 fully saturated rings. The highest BCUT2D eigenvalue weighted by molar-refractivity contribution is 6.21. The van der Waals surface area contributed by atoms with Crippen LogP contribution in [0.5, 0.6) is 0 Å². The van der Waals surface area contributed by atoms with E-state index in [2.05, 4.69) is 11.9 Å². The predicted molar refractivity (Wildman–Crippen MR) is 83.9 cm³/mol. The summed E-state index contributed by atoms with van der Waals surface area (Å²) in [7, 11) is 0. The Kier molecular flexibility index (Phi) is 4.77. The molecule has 3 amide bonds. The maximum atomic E-state index is 12.4. The van der Waals surface area contributed by atoms with Gasteiger partial charge in [-0.1, -0.05) is 36.4 Å². The van der Waals surface area contributed by atoms with E-state index in [1.165, 1.54) is 12.5 Å². The molecule has 0 radical (unpaired) electrons. The van der Waals surface area contributed by atoms with E-state index < -0.39 is 11.9 Å². The van der Waals surface area contributed by atoms with Crippen molar-refractivity contribution in [3.63, 3.8) is 0 Å². The standard InChI is InChI=1S/C17H14N2O2/c1-2-9-16(20)19(15-12-7-4-8-13-15)17(21)18-14-10-5-3-6-11-14/h2-13H,1H2/p+1. The van der Waals surface area contributed by atoms with Gasteiger partial charge in [-0.15, -0.1) is 0 Å². The lowest BCUT2D eigenvalue weighted by atomic mass is 10.2. The molecule has 0 aromatic heterocycles. The number of nitrogens with one attached hydrogen (secondary N) is 1. The lowest BCUT2D eigenvalue weighted by Gasteiger charge is -2.18. The maximum absolute atomic E-state index is 12.4. The number of urea groups is 1. The van der Waals surface area contributed by atoms with Crippen molar-refractivity contribution in [1.82, 2.24) is 0 Å². The summed E-state index contributed by atoms with van der Waals surface area (Å²) in [6.07, 6.45) is 2.60. The minimum Gasteiger partial charge on any atom is -0.307 e. The highest BCUT2D eigenvalue weighted by Crippen LogP contribution is 2.17. The number of hydrogen-bond acceptors (Lipinski definition) is 2. The highest BCUT2D eigenvalue weighted by Gasteiger charge is 2.25. The number of nitrogens with zero attached hydrogens (tertiary/aromatic N) is 1. The molecular weight excluding hydrogens is 264 g/mol. The van der Waals surface area contributed by atoms with Crippen LogP contribution in [0.1, 0.15) is 0 Å². The van der Waals surface area contributed by atoms with Crippen molar-refractivity contribution >= 4 is 23.3 Å². The second kappa shape index (κ2) is 6.96. The summed E-state index contributed by atoms with van der Waals surface area (Å²) in [5.74, 6) is -0.454. The normalized spacial score (nSPS) is 9.52. The van der Waals surface area contributed by atoms with Crippen LogP contribution >= 0.6 is 0 Å². The van der Waals surface area contributed by atoms with Crippen LogP contribution < -0.4 is 10.2 Å². The number of hydrogen-bond donors (Lipinski definition) is 1. The lowest BCUT2D eigenvalue weighted by molar-refractivity contribution is -0.114. The van der Waals surface area contributed by atoms with Gasteiger partial charge in [-0.05, 0) is 24.3 Å². The van der Waals surface area contributed by atoms with Gasteiger partial charge in [0.2, 0.25) is 0 Å². The van der Waals surface area contributed by atoms with E-state index in [0.717, 1.165) is 4.90 Å². The van der Waals surface area contributed by atoms with Crippen molar-refractivity contribution in [2.45, 2.75) is 0 Å². The molecule has 104 valence electrons. The van der Waals surface area contributed by atoms with Crippen LogP contribution in [-0.2, 0) is 4.79 Å². The molecule has 0 spiro atoms. The van der Waals surface area contributed by atoms with Gasteiger partial charge in [-0.3, -0.25) is 0 Å². The largest absolute Gasteiger partial charge is 0.342 e. The Labute approximate surface area is 123 Å². The number of anilines is 2. The summed E-state index contributed by atoms with van der Waals surface area (Å²) >= 11 is 0. The molecule has 4 nitrogen and oxygen atoms in total. The van der Waals surface area contributed by atoms with Crippen LogP contribution in [-0.4, -0.2) is 11.9 Å². The van der Waals surface area contributed by atoms with Gasteiger partial charge in [0.25, 0.3) is 0 Å². The first-order chi connectivity index (χ1) is 10.2. The molecule has 0 aliphatic rings. The second-order valence-corrected chi connectivity index (χ2v) is 4.21. The van der Waals surface area contributed by atoms with Gasteiger partial charge in [0.05, 0.1) is 11.8 Å². The van der Waals surface area contributed by atoms with Gasteiger partial charge in [0.1, 0.15) is 6.42 Å². The molecule has 4 heteroatoms. The van der Waals surface area contributed by atoms with E-state index in [1.807, 2.05) is 12.1 Å². The second-order valence-electron chi connectivity index (χ2n) is 4.21. The summed E-state index contributed by atoms with van der Waals surface area (Å²) in [6, 6.07) is 17.2. The molecule has 2 rings (SSSR count). The Hall–Kier alpha value is -3.01. The molecule has 21 heavy (non-hydrogen) atoms. The summed E-state index contributed by atoms with van der Waals surface area (Å²) in [4.78, 5) is 25.5. The van der Waals surface area contributed by atoms with Crippen molar-refractivity contribution in [3.8, 4) is 0 Å². The molecule has 2 aromatic carbocycles. The quantitative estimate of drug-likeness (QED) is 0.869. The lowest BCUT2D eigenvalue weighted by Crippen LogP contribution is -2.40. The number of carbonyl (C=O) groups is 2. The Bertz CT molecular complexity index is 624. The summed E-state index contributed by atoms with van der Waals surface area (Å²) in [6.45, 7) is 3.49. The first-order valence-electron chi connectivity index (χ1n) is 6.43. The Morgan fingerprint density at radius 1 is 1.00 bits per heavy atom. The fourth-order valence-electron chi connectivity index (χ4n) is 1.80. The van der Waals surface area contributed by atoms with Crippen LogP contribution in [0.25, 0.3) is 0 Å². The molecule has 0 unspecified atom stereocenters. The van der Waals surface area contributed by atoms with Crippen molar-refractivity contribution in [3.05, 3.63) is 79.7 Å². The first-order valence-corrected chi connectivity index (χ1v) is 6.43. The number of amides is 3. The van der Waals surface area contributed by atoms with Crippen LogP contribution in [0.2, 0.25) is 0 Å². The van der Waals surface area contributed by atoms with Crippen molar-refractivity contribution in [2.24, 2.45) is 0 Å². The van der Waals surface area contributed by atoms with Crippen molar-refractivity contribution in [1.29, 1.82) is 0 Å². The van der Waals surface area contributed by atoms with Crippen LogP contribution in [0.4, 0.5) is 16.2 Å².